The predicted molar refractivity (Wildman–Crippen MR) is 79.7 cm³/mol. The lowest BCUT2D eigenvalue weighted by Crippen LogP contribution is -2.33. The number of hydrogen-bond donors (Lipinski definition) is 1. The van der Waals surface area contributed by atoms with Crippen molar-refractivity contribution in [3.63, 3.8) is 0 Å². The summed E-state index contributed by atoms with van der Waals surface area (Å²) in [5.41, 5.74) is 0.804. The van der Waals surface area contributed by atoms with Gasteiger partial charge in [-0.15, -0.1) is 0 Å². The Bertz CT molecular complexity index is 528. The zero-order valence-corrected chi connectivity index (χ0v) is 12.8. The van der Waals surface area contributed by atoms with Gasteiger partial charge < -0.3 is 19.5 Å². The van der Waals surface area contributed by atoms with Gasteiger partial charge in [0.2, 0.25) is 5.91 Å². The second-order valence-electron chi connectivity index (χ2n) is 5.18. The van der Waals surface area contributed by atoms with Gasteiger partial charge in [0, 0.05) is 20.1 Å². The molecule has 1 aliphatic rings. The van der Waals surface area contributed by atoms with E-state index in [1.54, 1.807) is 24.1 Å². The molecule has 1 aromatic rings. The summed E-state index contributed by atoms with van der Waals surface area (Å²) in [6, 6.07) is 6.79. The van der Waals surface area contributed by atoms with Crippen molar-refractivity contribution in [2.45, 2.75) is 19.4 Å². The summed E-state index contributed by atoms with van der Waals surface area (Å²) < 4.78 is 10.4. The number of carbonyl (C=O) groups excluding carboxylic acids is 1. The molecule has 6 heteroatoms. The number of ether oxygens (including phenoxy) is 2. The van der Waals surface area contributed by atoms with E-state index in [0.717, 1.165) is 11.3 Å². The minimum atomic E-state index is -0.952. The molecule has 0 aromatic heterocycles. The van der Waals surface area contributed by atoms with E-state index in [1.807, 2.05) is 19.1 Å². The summed E-state index contributed by atoms with van der Waals surface area (Å²) in [6.45, 7) is 3.23. The maximum absolute atomic E-state index is 12.1. The number of methoxy groups -OCH3 is 1. The fourth-order valence-corrected chi connectivity index (χ4v) is 2.81. The second-order valence-corrected chi connectivity index (χ2v) is 5.18. The first-order chi connectivity index (χ1) is 10.6. The molecule has 2 rings (SSSR count). The van der Waals surface area contributed by atoms with Crippen molar-refractivity contribution in [1.29, 1.82) is 0 Å². The molecule has 1 saturated heterocycles. The van der Waals surface area contributed by atoms with Crippen LogP contribution in [0, 0.1) is 5.92 Å². The molecule has 2 unspecified atom stereocenters. The van der Waals surface area contributed by atoms with Crippen LogP contribution in [0.4, 0.5) is 0 Å². The highest BCUT2D eigenvalue weighted by Gasteiger charge is 2.44. The van der Waals surface area contributed by atoms with E-state index in [1.165, 1.54) is 0 Å². The summed E-state index contributed by atoms with van der Waals surface area (Å²) in [5, 5.41) is 9.41. The molecule has 1 aliphatic heterocycles. The molecule has 0 radical (unpaired) electrons. The zero-order valence-electron chi connectivity index (χ0n) is 12.8. The number of hydrogen-bond acceptors (Lipinski definition) is 4. The third kappa shape index (κ3) is 3.39. The largest absolute Gasteiger partial charge is 0.494 e. The van der Waals surface area contributed by atoms with Gasteiger partial charge in [-0.05, 0) is 24.6 Å². The van der Waals surface area contributed by atoms with Crippen LogP contribution in [0.1, 0.15) is 24.9 Å². The third-order valence-electron chi connectivity index (χ3n) is 3.82. The van der Waals surface area contributed by atoms with Crippen molar-refractivity contribution in [3.05, 3.63) is 29.8 Å². The topological polar surface area (TPSA) is 76.1 Å². The summed E-state index contributed by atoms with van der Waals surface area (Å²) in [5.74, 6) is -1.11. The number of carboxylic acid groups (broad SMARTS) is 1. The van der Waals surface area contributed by atoms with Crippen LogP contribution in [-0.2, 0) is 14.3 Å². The first-order valence-electron chi connectivity index (χ1n) is 7.32. The molecule has 1 amide bonds. The van der Waals surface area contributed by atoms with Gasteiger partial charge in [-0.2, -0.15) is 0 Å². The first kappa shape index (κ1) is 16.3. The summed E-state index contributed by atoms with van der Waals surface area (Å²) >= 11 is 0. The Morgan fingerprint density at radius 1 is 1.36 bits per heavy atom. The summed E-state index contributed by atoms with van der Waals surface area (Å²) in [6.07, 6.45) is 0.0247. The van der Waals surface area contributed by atoms with Crippen LogP contribution in [0.2, 0.25) is 0 Å². The van der Waals surface area contributed by atoms with Crippen molar-refractivity contribution in [2.75, 3.05) is 26.9 Å². The molecular weight excluding hydrogens is 286 g/mol. The third-order valence-corrected chi connectivity index (χ3v) is 3.82. The molecule has 1 heterocycles. The van der Waals surface area contributed by atoms with Gasteiger partial charge in [0.25, 0.3) is 0 Å². The zero-order chi connectivity index (χ0) is 16.1. The van der Waals surface area contributed by atoms with Gasteiger partial charge in [0.1, 0.15) is 5.75 Å². The highest BCUT2D eigenvalue weighted by Crippen LogP contribution is 2.38. The maximum atomic E-state index is 12.1. The number of rotatable bonds is 7. The Labute approximate surface area is 129 Å². The Morgan fingerprint density at radius 2 is 2.05 bits per heavy atom. The lowest BCUT2D eigenvalue weighted by Gasteiger charge is -2.27. The van der Waals surface area contributed by atoms with Crippen LogP contribution in [0.5, 0.6) is 5.75 Å². The monoisotopic (exact) mass is 307 g/mol. The van der Waals surface area contributed by atoms with Crippen molar-refractivity contribution >= 4 is 11.9 Å². The van der Waals surface area contributed by atoms with Crippen LogP contribution < -0.4 is 4.74 Å². The number of carbonyl (C=O) groups is 2. The second kappa shape index (κ2) is 7.26. The van der Waals surface area contributed by atoms with E-state index in [4.69, 9.17) is 9.47 Å². The molecule has 0 saturated carbocycles. The molecule has 0 bridgehead atoms. The molecule has 2 atom stereocenters. The fourth-order valence-electron chi connectivity index (χ4n) is 2.81. The summed E-state index contributed by atoms with van der Waals surface area (Å²) in [7, 11) is 1.56. The van der Waals surface area contributed by atoms with Gasteiger partial charge in [0.15, 0.2) is 0 Å². The molecule has 0 spiro atoms. The average molecular weight is 307 g/mol. The van der Waals surface area contributed by atoms with Crippen LogP contribution in [-0.4, -0.2) is 48.8 Å². The lowest BCUT2D eigenvalue weighted by molar-refractivity contribution is -0.142. The van der Waals surface area contributed by atoms with Crippen molar-refractivity contribution in [2.24, 2.45) is 5.92 Å². The molecule has 0 aliphatic carbocycles. The minimum Gasteiger partial charge on any atom is -0.494 e. The predicted octanol–water partition coefficient (Wildman–Crippen LogP) is 1.71. The lowest BCUT2D eigenvalue weighted by atomic mass is 9.93. The molecule has 22 heavy (non-hydrogen) atoms. The van der Waals surface area contributed by atoms with E-state index >= 15 is 0 Å². The van der Waals surface area contributed by atoms with Crippen molar-refractivity contribution in [3.8, 4) is 5.75 Å². The maximum Gasteiger partial charge on any atom is 0.309 e. The molecule has 6 nitrogen and oxygen atoms in total. The minimum absolute atomic E-state index is 0.0247. The van der Waals surface area contributed by atoms with E-state index in [2.05, 4.69) is 0 Å². The Kier molecular flexibility index (Phi) is 5.38. The molecule has 120 valence electrons. The Hall–Kier alpha value is -2.08. The summed E-state index contributed by atoms with van der Waals surface area (Å²) in [4.78, 5) is 25.2. The molecule has 1 N–H and O–H groups in total. The van der Waals surface area contributed by atoms with Crippen molar-refractivity contribution < 1.29 is 24.2 Å². The number of aliphatic carboxylic acids is 1. The van der Waals surface area contributed by atoms with Gasteiger partial charge in [-0.3, -0.25) is 9.59 Å². The number of carboxylic acids is 1. The van der Waals surface area contributed by atoms with Crippen LogP contribution in [0.25, 0.3) is 0 Å². The number of nitrogens with zero attached hydrogens (tertiary/aromatic N) is 1. The van der Waals surface area contributed by atoms with Crippen LogP contribution in [0.3, 0.4) is 0 Å². The van der Waals surface area contributed by atoms with Crippen molar-refractivity contribution in [1.82, 2.24) is 4.90 Å². The van der Waals surface area contributed by atoms with Crippen LogP contribution >= 0.6 is 0 Å². The van der Waals surface area contributed by atoms with E-state index in [-0.39, 0.29) is 12.3 Å². The average Bonchev–Trinajstić information content (AvgIpc) is 2.83. The Morgan fingerprint density at radius 3 is 2.59 bits per heavy atom. The van der Waals surface area contributed by atoms with E-state index in [9.17, 15) is 14.7 Å². The van der Waals surface area contributed by atoms with Gasteiger partial charge in [0.05, 0.1) is 25.2 Å². The molecule has 1 aromatic carbocycles. The highest BCUT2D eigenvalue weighted by atomic mass is 16.5. The molecular formula is C16H21NO5. The van der Waals surface area contributed by atoms with E-state index in [0.29, 0.717) is 19.8 Å². The van der Waals surface area contributed by atoms with Crippen LogP contribution in [0.15, 0.2) is 24.3 Å². The number of benzene rings is 1. The molecule has 1 fully saturated rings. The van der Waals surface area contributed by atoms with E-state index < -0.39 is 17.9 Å². The number of likely N-dealkylation sites (tertiary alicyclic amines) is 1. The quantitative estimate of drug-likeness (QED) is 0.830. The van der Waals surface area contributed by atoms with Gasteiger partial charge in [-0.1, -0.05) is 12.1 Å². The fraction of sp³-hybridized carbons (Fsp3) is 0.500. The highest BCUT2D eigenvalue weighted by molar-refractivity contribution is 5.87. The normalized spacial score (nSPS) is 21.2. The smallest absolute Gasteiger partial charge is 0.309 e. The Balaban J connectivity index is 2.27. The SMILES string of the molecule is CCOc1ccc(C2C(C(=O)O)CC(=O)N2CCOC)cc1. The standard InChI is InChI=1S/C16H21NO5/c1-3-22-12-6-4-11(5-7-12)15-13(16(19)20)10-14(18)17(15)8-9-21-2/h4-7,13,15H,3,8-10H2,1-2H3,(H,19,20). The van der Waals surface area contributed by atoms with Gasteiger partial charge in [-0.25, -0.2) is 0 Å². The van der Waals surface area contributed by atoms with Gasteiger partial charge >= 0.3 is 5.97 Å². The first-order valence-corrected chi connectivity index (χ1v) is 7.32. The number of amides is 1.